The predicted molar refractivity (Wildman–Crippen MR) is 59.0 cm³/mol. The molecule has 1 heterocycles. The number of hydrogen-bond acceptors (Lipinski definition) is 2. The fourth-order valence-electron chi connectivity index (χ4n) is 3.58. The molecule has 0 aromatic heterocycles. The number of hydrogen-bond donors (Lipinski definition) is 2. The van der Waals surface area contributed by atoms with Crippen molar-refractivity contribution in [2.45, 2.75) is 18.9 Å². The van der Waals surface area contributed by atoms with Crippen molar-refractivity contribution < 1.29 is 9.90 Å². The second kappa shape index (κ2) is 3.80. The summed E-state index contributed by atoms with van der Waals surface area (Å²) in [6, 6.07) is -0.294. The normalized spacial score (nSPS) is 46.0. The van der Waals surface area contributed by atoms with E-state index in [2.05, 4.69) is 17.5 Å². The van der Waals surface area contributed by atoms with Crippen LogP contribution in [0.5, 0.6) is 0 Å². The highest BCUT2D eigenvalue weighted by Gasteiger charge is 2.50. The monoisotopic (exact) mass is 229 g/mol. The van der Waals surface area contributed by atoms with Crippen LogP contribution in [-0.4, -0.2) is 23.7 Å². The van der Waals surface area contributed by atoms with E-state index in [0.717, 1.165) is 6.54 Å². The fourth-order valence-corrected chi connectivity index (χ4v) is 3.58. The van der Waals surface area contributed by atoms with Crippen molar-refractivity contribution in [1.29, 1.82) is 0 Å². The molecule has 1 saturated carbocycles. The van der Waals surface area contributed by atoms with Gasteiger partial charge in [-0.1, -0.05) is 12.2 Å². The van der Waals surface area contributed by atoms with Gasteiger partial charge >= 0.3 is 5.97 Å². The first-order valence-corrected chi connectivity index (χ1v) is 5.42. The van der Waals surface area contributed by atoms with E-state index in [1.165, 1.54) is 12.8 Å². The summed E-state index contributed by atoms with van der Waals surface area (Å²) in [5.74, 6) is 1.43. The van der Waals surface area contributed by atoms with Gasteiger partial charge in [-0.3, -0.25) is 4.79 Å². The van der Waals surface area contributed by atoms with Crippen molar-refractivity contribution in [3.63, 3.8) is 0 Å². The molecule has 3 aliphatic carbocycles. The summed E-state index contributed by atoms with van der Waals surface area (Å²) in [6.45, 7) is 0.896. The van der Waals surface area contributed by atoms with E-state index in [9.17, 15) is 4.79 Å². The van der Waals surface area contributed by atoms with Crippen LogP contribution >= 0.6 is 12.4 Å². The smallest absolute Gasteiger partial charge is 0.321 e. The van der Waals surface area contributed by atoms with Crippen molar-refractivity contribution >= 4 is 18.4 Å². The predicted octanol–water partition coefficient (Wildman–Crippen LogP) is 1.29. The molecule has 4 rings (SSSR count). The van der Waals surface area contributed by atoms with Gasteiger partial charge in [0.05, 0.1) is 0 Å². The maximum absolute atomic E-state index is 11.0. The number of fused-ring (bicyclic) bond motifs is 1. The minimum atomic E-state index is -0.668. The molecule has 1 aliphatic heterocycles. The minimum Gasteiger partial charge on any atom is -0.480 e. The molecule has 5 atom stereocenters. The molecule has 2 N–H and O–H groups in total. The van der Waals surface area contributed by atoms with Crippen LogP contribution in [0.25, 0.3) is 0 Å². The summed E-state index contributed by atoms with van der Waals surface area (Å²) in [7, 11) is 0. The topological polar surface area (TPSA) is 49.3 Å². The SMILES string of the molecule is Cl.O=C(O)[C@H]1NC[C@H]2[C@@H]1[C@H]1C=C[C@@H]2CC1. The van der Waals surface area contributed by atoms with E-state index in [4.69, 9.17) is 5.11 Å². The van der Waals surface area contributed by atoms with Gasteiger partial charge in [0.15, 0.2) is 0 Å². The summed E-state index contributed by atoms with van der Waals surface area (Å²) >= 11 is 0. The van der Waals surface area contributed by atoms with Gasteiger partial charge in [-0.15, -0.1) is 12.4 Å². The zero-order valence-corrected chi connectivity index (χ0v) is 9.24. The summed E-state index contributed by atoms with van der Waals surface area (Å²) in [5, 5.41) is 12.3. The van der Waals surface area contributed by atoms with Crippen molar-refractivity contribution in [1.82, 2.24) is 5.32 Å². The Hall–Kier alpha value is -0.540. The molecule has 84 valence electrons. The largest absolute Gasteiger partial charge is 0.480 e. The van der Waals surface area contributed by atoms with Crippen LogP contribution < -0.4 is 5.32 Å². The van der Waals surface area contributed by atoms with Crippen molar-refractivity contribution in [3.05, 3.63) is 12.2 Å². The highest BCUT2D eigenvalue weighted by Crippen LogP contribution is 2.48. The summed E-state index contributed by atoms with van der Waals surface area (Å²) in [4.78, 5) is 11.0. The first-order valence-electron chi connectivity index (χ1n) is 5.42. The fraction of sp³-hybridized carbons (Fsp3) is 0.727. The second-order valence-corrected chi connectivity index (χ2v) is 4.76. The number of carboxylic acid groups (broad SMARTS) is 1. The van der Waals surface area contributed by atoms with Crippen LogP contribution in [0.1, 0.15) is 12.8 Å². The Bertz CT molecular complexity index is 305. The average molecular weight is 230 g/mol. The number of carbonyl (C=O) groups is 1. The van der Waals surface area contributed by atoms with Crippen LogP contribution in [0, 0.1) is 23.7 Å². The molecule has 0 spiro atoms. The lowest BCUT2D eigenvalue weighted by Gasteiger charge is -2.42. The number of nitrogens with one attached hydrogen (secondary N) is 1. The third kappa shape index (κ3) is 1.49. The zero-order valence-electron chi connectivity index (χ0n) is 8.43. The minimum absolute atomic E-state index is 0. The molecular weight excluding hydrogens is 214 g/mol. The lowest BCUT2D eigenvalue weighted by atomic mass is 9.62. The van der Waals surface area contributed by atoms with Gasteiger partial charge in [0.2, 0.25) is 0 Å². The number of aliphatic carboxylic acids is 1. The standard InChI is InChI=1S/C11H15NO2.ClH/c13-11(14)10-9-7-3-1-6(2-4-7)8(9)5-12-10;/h1,3,6-10,12H,2,4-5H2,(H,13,14);1H/t6-,7+,8-,9+,10+;/m1./s1. The quantitative estimate of drug-likeness (QED) is 0.667. The van der Waals surface area contributed by atoms with Gasteiger partial charge < -0.3 is 10.4 Å². The highest BCUT2D eigenvalue weighted by molar-refractivity contribution is 5.85. The van der Waals surface area contributed by atoms with Gasteiger partial charge in [0, 0.05) is 0 Å². The van der Waals surface area contributed by atoms with Crippen molar-refractivity contribution in [2.75, 3.05) is 6.54 Å². The molecule has 0 unspecified atom stereocenters. The Kier molecular flexibility index (Phi) is 2.77. The molecule has 3 nitrogen and oxygen atoms in total. The van der Waals surface area contributed by atoms with E-state index in [0.29, 0.717) is 23.7 Å². The van der Waals surface area contributed by atoms with Crippen LogP contribution in [0.3, 0.4) is 0 Å². The molecule has 2 bridgehead atoms. The zero-order chi connectivity index (χ0) is 9.71. The van der Waals surface area contributed by atoms with Crippen LogP contribution in [0.2, 0.25) is 0 Å². The Morgan fingerprint density at radius 1 is 1.27 bits per heavy atom. The molecule has 1 saturated heterocycles. The highest BCUT2D eigenvalue weighted by atomic mass is 35.5. The number of carboxylic acids is 1. The average Bonchev–Trinajstić information content (AvgIpc) is 2.65. The summed E-state index contributed by atoms with van der Waals surface area (Å²) in [5.41, 5.74) is 0. The van der Waals surface area contributed by atoms with E-state index in [1.54, 1.807) is 0 Å². The van der Waals surface area contributed by atoms with Gasteiger partial charge in [0.25, 0.3) is 0 Å². The van der Waals surface area contributed by atoms with Crippen LogP contribution in [0.4, 0.5) is 0 Å². The van der Waals surface area contributed by atoms with E-state index >= 15 is 0 Å². The Labute approximate surface area is 95.3 Å². The number of halogens is 1. The van der Waals surface area contributed by atoms with Gasteiger partial charge in [-0.05, 0) is 43.1 Å². The Morgan fingerprint density at radius 2 is 1.93 bits per heavy atom. The van der Waals surface area contributed by atoms with Gasteiger partial charge in [-0.25, -0.2) is 0 Å². The lowest BCUT2D eigenvalue weighted by molar-refractivity contribution is -0.141. The first kappa shape index (κ1) is 11.0. The molecular formula is C11H16ClNO2. The molecule has 2 fully saturated rings. The molecule has 4 aliphatic rings. The van der Waals surface area contributed by atoms with Crippen molar-refractivity contribution in [3.8, 4) is 0 Å². The maximum atomic E-state index is 11.0. The molecule has 4 heteroatoms. The van der Waals surface area contributed by atoms with E-state index in [-0.39, 0.29) is 18.4 Å². The summed E-state index contributed by atoms with van der Waals surface area (Å²) < 4.78 is 0. The van der Waals surface area contributed by atoms with Gasteiger partial charge in [-0.2, -0.15) is 0 Å². The lowest BCUT2D eigenvalue weighted by Crippen LogP contribution is -2.43. The number of rotatable bonds is 1. The molecule has 0 amide bonds. The van der Waals surface area contributed by atoms with Gasteiger partial charge in [0.1, 0.15) is 6.04 Å². The van der Waals surface area contributed by atoms with Crippen LogP contribution in [0.15, 0.2) is 12.2 Å². The van der Waals surface area contributed by atoms with E-state index < -0.39 is 5.97 Å². The molecule has 15 heavy (non-hydrogen) atoms. The molecule has 0 aromatic carbocycles. The summed E-state index contributed by atoms with van der Waals surface area (Å²) in [6.07, 6.45) is 7.00. The van der Waals surface area contributed by atoms with E-state index in [1.807, 2.05) is 0 Å². The molecule has 0 aromatic rings. The third-order valence-electron chi connectivity index (χ3n) is 4.20. The maximum Gasteiger partial charge on any atom is 0.321 e. The Balaban J connectivity index is 0.000000853. The second-order valence-electron chi connectivity index (χ2n) is 4.76. The van der Waals surface area contributed by atoms with Crippen molar-refractivity contribution in [2.24, 2.45) is 23.7 Å². The third-order valence-corrected chi connectivity index (χ3v) is 4.20. The van der Waals surface area contributed by atoms with Crippen LogP contribution in [-0.2, 0) is 4.79 Å². The Morgan fingerprint density at radius 3 is 2.53 bits per heavy atom. The first-order chi connectivity index (χ1) is 6.77. The number of allylic oxidation sites excluding steroid dienone is 2. The molecule has 0 radical (unpaired) electrons.